The molecule has 0 heterocycles. The number of hydrogen-bond donors (Lipinski definition) is 2. The molecule has 0 spiro atoms. The lowest BCUT2D eigenvalue weighted by Crippen LogP contribution is -2.26. The van der Waals surface area contributed by atoms with Crippen molar-refractivity contribution in [1.82, 2.24) is 5.32 Å². The van der Waals surface area contributed by atoms with Crippen LogP contribution in [-0.2, 0) is 6.54 Å². The van der Waals surface area contributed by atoms with Gasteiger partial charge in [-0.25, -0.2) is 0 Å². The fraction of sp³-hybridized carbons (Fsp3) is 0.538. The molecule has 4 heteroatoms. The SMILES string of the molecule is CCNCc1ccc(N(C)CC(C)O)cc1Cl. The Morgan fingerprint density at radius 2 is 2.18 bits per heavy atom. The monoisotopic (exact) mass is 256 g/mol. The third-order valence-electron chi connectivity index (χ3n) is 2.58. The van der Waals surface area contributed by atoms with Gasteiger partial charge in [-0.15, -0.1) is 0 Å². The maximum absolute atomic E-state index is 9.34. The van der Waals surface area contributed by atoms with Crippen LogP contribution in [0.3, 0.4) is 0 Å². The number of nitrogens with one attached hydrogen (secondary N) is 1. The summed E-state index contributed by atoms with van der Waals surface area (Å²) >= 11 is 6.22. The lowest BCUT2D eigenvalue weighted by molar-refractivity contribution is 0.201. The Morgan fingerprint density at radius 1 is 1.47 bits per heavy atom. The van der Waals surface area contributed by atoms with Crippen molar-refractivity contribution in [2.45, 2.75) is 26.5 Å². The highest BCUT2D eigenvalue weighted by Gasteiger charge is 2.07. The van der Waals surface area contributed by atoms with Crippen molar-refractivity contribution >= 4 is 17.3 Å². The van der Waals surface area contributed by atoms with E-state index in [4.69, 9.17) is 11.6 Å². The second-order valence-electron chi connectivity index (χ2n) is 4.29. The number of anilines is 1. The quantitative estimate of drug-likeness (QED) is 0.820. The Bertz CT molecular complexity index is 355. The Hall–Kier alpha value is -0.770. The van der Waals surface area contributed by atoms with Crippen LogP contribution >= 0.6 is 11.6 Å². The molecular weight excluding hydrogens is 236 g/mol. The predicted molar refractivity (Wildman–Crippen MR) is 73.8 cm³/mol. The molecule has 1 aromatic carbocycles. The first-order valence-electron chi connectivity index (χ1n) is 5.93. The summed E-state index contributed by atoms with van der Waals surface area (Å²) < 4.78 is 0. The first-order valence-corrected chi connectivity index (χ1v) is 6.30. The van der Waals surface area contributed by atoms with Crippen molar-refractivity contribution in [3.05, 3.63) is 28.8 Å². The minimum Gasteiger partial charge on any atom is -0.392 e. The number of aliphatic hydroxyl groups is 1. The van der Waals surface area contributed by atoms with E-state index in [9.17, 15) is 5.11 Å². The smallest absolute Gasteiger partial charge is 0.0686 e. The van der Waals surface area contributed by atoms with Crippen LogP contribution in [0, 0.1) is 0 Å². The van der Waals surface area contributed by atoms with E-state index >= 15 is 0 Å². The molecule has 0 aromatic heterocycles. The lowest BCUT2D eigenvalue weighted by atomic mass is 10.2. The van der Waals surface area contributed by atoms with E-state index < -0.39 is 0 Å². The molecule has 17 heavy (non-hydrogen) atoms. The first kappa shape index (κ1) is 14.3. The zero-order valence-corrected chi connectivity index (χ0v) is 11.5. The molecule has 1 unspecified atom stereocenters. The third-order valence-corrected chi connectivity index (χ3v) is 2.93. The van der Waals surface area contributed by atoms with Gasteiger partial charge in [0, 0.05) is 30.8 Å². The van der Waals surface area contributed by atoms with E-state index in [0.717, 1.165) is 29.4 Å². The first-order chi connectivity index (χ1) is 8.04. The molecule has 0 saturated heterocycles. The van der Waals surface area contributed by atoms with Crippen LogP contribution in [0.2, 0.25) is 5.02 Å². The van der Waals surface area contributed by atoms with E-state index in [1.54, 1.807) is 6.92 Å². The van der Waals surface area contributed by atoms with Crippen molar-refractivity contribution in [3.8, 4) is 0 Å². The number of aliphatic hydroxyl groups excluding tert-OH is 1. The molecule has 0 saturated carbocycles. The molecule has 1 aromatic rings. The minimum atomic E-state index is -0.347. The van der Waals surface area contributed by atoms with Crippen molar-refractivity contribution in [3.63, 3.8) is 0 Å². The molecule has 0 bridgehead atoms. The standard InChI is InChI=1S/C13H21ClN2O/c1-4-15-8-11-5-6-12(7-13(11)14)16(3)9-10(2)17/h5-7,10,15,17H,4,8-9H2,1-3H3. The van der Waals surface area contributed by atoms with E-state index in [1.807, 2.05) is 30.1 Å². The number of hydrogen-bond acceptors (Lipinski definition) is 3. The van der Waals surface area contributed by atoms with Crippen molar-refractivity contribution < 1.29 is 5.11 Å². The Morgan fingerprint density at radius 3 is 2.71 bits per heavy atom. The fourth-order valence-electron chi connectivity index (χ4n) is 1.68. The summed E-state index contributed by atoms with van der Waals surface area (Å²) in [6, 6.07) is 6.00. The molecule has 0 fully saturated rings. The van der Waals surface area contributed by atoms with Gasteiger partial charge in [0.05, 0.1) is 6.10 Å². The van der Waals surface area contributed by atoms with Gasteiger partial charge < -0.3 is 15.3 Å². The van der Waals surface area contributed by atoms with E-state index in [2.05, 4.69) is 12.2 Å². The zero-order chi connectivity index (χ0) is 12.8. The van der Waals surface area contributed by atoms with Crippen molar-refractivity contribution in [2.75, 3.05) is 25.0 Å². The maximum atomic E-state index is 9.34. The number of benzene rings is 1. The van der Waals surface area contributed by atoms with Crippen LogP contribution in [0.1, 0.15) is 19.4 Å². The molecular formula is C13H21ClN2O. The summed E-state index contributed by atoms with van der Waals surface area (Å²) in [4.78, 5) is 1.99. The highest BCUT2D eigenvalue weighted by atomic mass is 35.5. The largest absolute Gasteiger partial charge is 0.392 e. The van der Waals surface area contributed by atoms with Gasteiger partial charge >= 0.3 is 0 Å². The maximum Gasteiger partial charge on any atom is 0.0686 e. The third kappa shape index (κ3) is 4.54. The zero-order valence-electron chi connectivity index (χ0n) is 10.7. The van der Waals surface area contributed by atoms with E-state index in [0.29, 0.717) is 6.54 Å². The fourth-order valence-corrected chi connectivity index (χ4v) is 1.92. The number of halogens is 1. The van der Waals surface area contributed by atoms with Gasteiger partial charge in [-0.05, 0) is 31.2 Å². The van der Waals surface area contributed by atoms with Crippen LogP contribution < -0.4 is 10.2 Å². The Kier molecular flexibility index (Phi) is 5.75. The van der Waals surface area contributed by atoms with E-state index in [-0.39, 0.29) is 6.10 Å². The number of likely N-dealkylation sites (N-methyl/N-ethyl adjacent to an activating group) is 1. The summed E-state index contributed by atoms with van der Waals surface area (Å²) in [5.41, 5.74) is 2.12. The van der Waals surface area contributed by atoms with E-state index in [1.165, 1.54) is 0 Å². The molecule has 96 valence electrons. The minimum absolute atomic E-state index is 0.347. The van der Waals surface area contributed by atoms with Crippen LogP contribution in [0.15, 0.2) is 18.2 Å². The molecule has 2 N–H and O–H groups in total. The Labute approximate surface area is 108 Å². The van der Waals surface area contributed by atoms with Crippen LogP contribution in [-0.4, -0.2) is 31.3 Å². The molecule has 0 aliphatic carbocycles. The summed E-state index contributed by atoms with van der Waals surface area (Å²) in [5.74, 6) is 0. The topological polar surface area (TPSA) is 35.5 Å². The summed E-state index contributed by atoms with van der Waals surface area (Å²) in [7, 11) is 1.95. The normalized spacial score (nSPS) is 12.5. The van der Waals surface area contributed by atoms with Gasteiger partial charge in [-0.2, -0.15) is 0 Å². The lowest BCUT2D eigenvalue weighted by Gasteiger charge is -2.21. The summed E-state index contributed by atoms with van der Waals surface area (Å²) in [6.45, 7) is 6.16. The average Bonchev–Trinajstić information content (AvgIpc) is 2.26. The van der Waals surface area contributed by atoms with Crippen molar-refractivity contribution in [1.29, 1.82) is 0 Å². The summed E-state index contributed by atoms with van der Waals surface area (Å²) in [6.07, 6.45) is -0.347. The van der Waals surface area contributed by atoms with Gasteiger partial charge in [0.1, 0.15) is 0 Å². The van der Waals surface area contributed by atoms with Gasteiger partial charge in [0.25, 0.3) is 0 Å². The van der Waals surface area contributed by atoms with Gasteiger partial charge in [0.15, 0.2) is 0 Å². The Balaban J connectivity index is 2.73. The molecule has 3 nitrogen and oxygen atoms in total. The number of rotatable bonds is 6. The van der Waals surface area contributed by atoms with Gasteiger partial charge in [-0.1, -0.05) is 24.6 Å². The van der Waals surface area contributed by atoms with Gasteiger partial charge in [-0.3, -0.25) is 0 Å². The van der Waals surface area contributed by atoms with Crippen LogP contribution in [0.4, 0.5) is 5.69 Å². The molecule has 0 amide bonds. The molecule has 1 rings (SSSR count). The predicted octanol–water partition coefficient (Wildman–Crippen LogP) is 2.27. The summed E-state index contributed by atoms with van der Waals surface area (Å²) in [5, 5.41) is 13.4. The molecule has 1 atom stereocenters. The van der Waals surface area contributed by atoms with Crippen LogP contribution in [0.5, 0.6) is 0 Å². The highest BCUT2D eigenvalue weighted by molar-refractivity contribution is 6.31. The second-order valence-corrected chi connectivity index (χ2v) is 4.69. The second kappa shape index (κ2) is 6.84. The molecule has 0 aliphatic heterocycles. The van der Waals surface area contributed by atoms with Gasteiger partial charge in [0.2, 0.25) is 0 Å². The number of nitrogens with zero attached hydrogens (tertiary/aromatic N) is 1. The highest BCUT2D eigenvalue weighted by Crippen LogP contribution is 2.23. The van der Waals surface area contributed by atoms with Crippen molar-refractivity contribution in [2.24, 2.45) is 0 Å². The molecule has 0 radical (unpaired) electrons. The molecule has 0 aliphatic rings. The van der Waals surface area contributed by atoms with Crippen LogP contribution in [0.25, 0.3) is 0 Å². The average molecular weight is 257 g/mol.